The first-order chi connectivity index (χ1) is 9.22. The molecule has 0 spiro atoms. The number of hydrogen-bond donors (Lipinski definition) is 1. The average molecular weight is 262 g/mol. The highest BCUT2D eigenvalue weighted by atomic mass is 16.5. The third-order valence-corrected chi connectivity index (χ3v) is 3.61. The minimum Gasteiger partial charge on any atom is -0.376 e. The SMILES string of the molecule is CN(CC1CCCO1)C(=O)C(CN)c1ccccc1. The van der Waals surface area contributed by atoms with Gasteiger partial charge in [-0.05, 0) is 18.4 Å². The fourth-order valence-corrected chi connectivity index (χ4v) is 2.51. The van der Waals surface area contributed by atoms with E-state index < -0.39 is 0 Å². The number of likely N-dealkylation sites (N-methyl/N-ethyl adjacent to an activating group) is 1. The molecule has 19 heavy (non-hydrogen) atoms. The number of amides is 1. The van der Waals surface area contributed by atoms with Crippen LogP contribution in [0, 0.1) is 0 Å². The molecule has 1 aromatic carbocycles. The monoisotopic (exact) mass is 262 g/mol. The number of rotatable bonds is 5. The Kier molecular flexibility index (Phi) is 4.93. The number of ether oxygens (including phenoxy) is 1. The molecule has 4 nitrogen and oxygen atoms in total. The van der Waals surface area contributed by atoms with Crippen LogP contribution < -0.4 is 5.73 Å². The minimum atomic E-state index is -0.257. The molecule has 0 aromatic heterocycles. The second kappa shape index (κ2) is 6.68. The summed E-state index contributed by atoms with van der Waals surface area (Å²) in [5, 5.41) is 0. The molecule has 0 aliphatic carbocycles. The lowest BCUT2D eigenvalue weighted by molar-refractivity contribution is -0.132. The summed E-state index contributed by atoms with van der Waals surface area (Å²) in [6.45, 7) is 1.80. The van der Waals surface area contributed by atoms with Crippen LogP contribution in [0.5, 0.6) is 0 Å². The van der Waals surface area contributed by atoms with Crippen LogP contribution in [0.4, 0.5) is 0 Å². The molecule has 2 N–H and O–H groups in total. The summed E-state index contributed by atoms with van der Waals surface area (Å²) in [5.74, 6) is -0.184. The molecule has 2 atom stereocenters. The van der Waals surface area contributed by atoms with Crippen molar-refractivity contribution in [3.8, 4) is 0 Å². The molecule has 0 saturated carbocycles. The molecule has 0 bridgehead atoms. The fourth-order valence-electron chi connectivity index (χ4n) is 2.51. The van der Waals surface area contributed by atoms with Crippen molar-refractivity contribution in [2.45, 2.75) is 24.9 Å². The van der Waals surface area contributed by atoms with Gasteiger partial charge in [0.15, 0.2) is 0 Å². The van der Waals surface area contributed by atoms with Crippen molar-refractivity contribution < 1.29 is 9.53 Å². The molecule has 1 saturated heterocycles. The Balaban J connectivity index is 1.99. The first-order valence-corrected chi connectivity index (χ1v) is 6.84. The van der Waals surface area contributed by atoms with Gasteiger partial charge in [-0.2, -0.15) is 0 Å². The Morgan fingerprint density at radius 3 is 2.79 bits per heavy atom. The quantitative estimate of drug-likeness (QED) is 0.872. The number of nitrogens with two attached hydrogens (primary N) is 1. The van der Waals surface area contributed by atoms with Gasteiger partial charge in [-0.1, -0.05) is 30.3 Å². The van der Waals surface area contributed by atoms with E-state index >= 15 is 0 Å². The van der Waals surface area contributed by atoms with Gasteiger partial charge in [0.2, 0.25) is 5.91 Å². The summed E-state index contributed by atoms with van der Waals surface area (Å²) in [4.78, 5) is 14.2. The van der Waals surface area contributed by atoms with E-state index in [9.17, 15) is 4.79 Å². The maximum atomic E-state index is 12.5. The molecule has 1 amide bonds. The van der Waals surface area contributed by atoms with E-state index in [4.69, 9.17) is 10.5 Å². The topological polar surface area (TPSA) is 55.6 Å². The van der Waals surface area contributed by atoms with Gasteiger partial charge in [-0.25, -0.2) is 0 Å². The highest BCUT2D eigenvalue weighted by Gasteiger charge is 2.25. The lowest BCUT2D eigenvalue weighted by Gasteiger charge is -2.25. The molecule has 0 radical (unpaired) electrons. The average Bonchev–Trinajstić information content (AvgIpc) is 2.93. The smallest absolute Gasteiger partial charge is 0.231 e. The lowest BCUT2D eigenvalue weighted by atomic mass is 9.98. The third-order valence-electron chi connectivity index (χ3n) is 3.61. The first kappa shape index (κ1) is 14.0. The Labute approximate surface area is 114 Å². The normalized spacial score (nSPS) is 20.2. The summed E-state index contributed by atoms with van der Waals surface area (Å²) < 4.78 is 5.57. The van der Waals surface area contributed by atoms with Crippen LogP contribution in [-0.2, 0) is 9.53 Å². The van der Waals surface area contributed by atoms with Crippen molar-refractivity contribution in [2.24, 2.45) is 5.73 Å². The number of carbonyl (C=O) groups is 1. The van der Waals surface area contributed by atoms with Crippen LogP contribution in [0.15, 0.2) is 30.3 Å². The van der Waals surface area contributed by atoms with Crippen molar-refractivity contribution in [3.63, 3.8) is 0 Å². The van der Waals surface area contributed by atoms with Crippen LogP contribution >= 0.6 is 0 Å². The zero-order valence-electron chi connectivity index (χ0n) is 11.4. The van der Waals surface area contributed by atoms with Gasteiger partial charge < -0.3 is 15.4 Å². The van der Waals surface area contributed by atoms with Gasteiger partial charge in [-0.15, -0.1) is 0 Å². The molecule has 1 aromatic rings. The van der Waals surface area contributed by atoms with Crippen molar-refractivity contribution in [3.05, 3.63) is 35.9 Å². The lowest BCUT2D eigenvalue weighted by Crippen LogP contribution is -2.39. The van der Waals surface area contributed by atoms with Crippen molar-refractivity contribution in [1.82, 2.24) is 4.90 Å². The van der Waals surface area contributed by atoms with Crippen molar-refractivity contribution >= 4 is 5.91 Å². The number of hydrogen-bond acceptors (Lipinski definition) is 3. The molecule has 1 fully saturated rings. The maximum Gasteiger partial charge on any atom is 0.231 e. The van der Waals surface area contributed by atoms with E-state index in [0.717, 1.165) is 25.0 Å². The first-order valence-electron chi connectivity index (χ1n) is 6.84. The molecule has 1 aliphatic rings. The Morgan fingerprint density at radius 2 is 2.21 bits per heavy atom. The second-order valence-corrected chi connectivity index (χ2v) is 5.05. The highest BCUT2D eigenvalue weighted by Crippen LogP contribution is 2.19. The summed E-state index contributed by atoms with van der Waals surface area (Å²) in [6, 6.07) is 9.72. The van der Waals surface area contributed by atoms with Crippen LogP contribution in [-0.4, -0.2) is 43.7 Å². The summed E-state index contributed by atoms with van der Waals surface area (Å²) in [5.41, 5.74) is 6.75. The van der Waals surface area contributed by atoms with E-state index in [1.54, 1.807) is 4.90 Å². The molecular weight excluding hydrogens is 240 g/mol. The molecule has 2 rings (SSSR count). The zero-order valence-corrected chi connectivity index (χ0v) is 11.4. The van der Waals surface area contributed by atoms with Crippen LogP contribution in [0.3, 0.4) is 0 Å². The second-order valence-electron chi connectivity index (χ2n) is 5.05. The van der Waals surface area contributed by atoms with Crippen LogP contribution in [0.25, 0.3) is 0 Å². The molecule has 1 aliphatic heterocycles. The van der Waals surface area contributed by atoms with Crippen LogP contribution in [0.1, 0.15) is 24.3 Å². The van der Waals surface area contributed by atoms with Gasteiger partial charge in [0, 0.05) is 26.7 Å². The molecule has 104 valence electrons. The molecular formula is C15H22N2O2. The van der Waals surface area contributed by atoms with Gasteiger partial charge in [0.05, 0.1) is 12.0 Å². The van der Waals surface area contributed by atoms with Crippen molar-refractivity contribution in [2.75, 3.05) is 26.7 Å². The standard InChI is InChI=1S/C15H22N2O2/c1-17(11-13-8-5-9-19-13)15(18)14(10-16)12-6-3-2-4-7-12/h2-4,6-7,13-14H,5,8-11,16H2,1H3. The summed E-state index contributed by atoms with van der Waals surface area (Å²) >= 11 is 0. The van der Waals surface area contributed by atoms with Gasteiger partial charge >= 0.3 is 0 Å². The number of benzene rings is 1. The minimum absolute atomic E-state index is 0.0733. The largest absolute Gasteiger partial charge is 0.376 e. The Bertz CT molecular complexity index is 402. The Morgan fingerprint density at radius 1 is 1.47 bits per heavy atom. The van der Waals surface area contributed by atoms with Gasteiger partial charge in [0.25, 0.3) is 0 Å². The molecule has 4 heteroatoms. The van der Waals surface area contributed by atoms with E-state index in [1.165, 1.54) is 0 Å². The maximum absolute atomic E-state index is 12.5. The molecule has 1 heterocycles. The molecule has 2 unspecified atom stereocenters. The van der Waals surface area contributed by atoms with Crippen molar-refractivity contribution in [1.29, 1.82) is 0 Å². The highest BCUT2D eigenvalue weighted by molar-refractivity contribution is 5.83. The van der Waals surface area contributed by atoms with Gasteiger partial charge in [-0.3, -0.25) is 4.79 Å². The van der Waals surface area contributed by atoms with Gasteiger partial charge in [0.1, 0.15) is 0 Å². The van der Waals surface area contributed by atoms with E-state index in [1.807, 2.05) is 37.4 Å². The predicted octanol–water partition coefficient (Wildman–Crippen LogP) is 1.37. The Hall–Kier alpha value is -1.39. The third kappa shape index (κ3) is 3.55. The van der Waals surface area contributed by atoms with E-state index in [0.29, 0.717) is 13.1 Å². The number of nitrogens with zero attached hydrogens (tertiary/aromatic N) is 1. The summed E-state index contributed by atoms with van der Waals surface area (Å²) in [6.07, 6.45) is 2.31. The van der Waals surface area contributed by atoms with Crippen LogP contribution in [0.2, 0.25) is 0 Å². The zero-order chi connectivity index (χ0) is 13.7. The summed E-state index contributed by atoms with van der Waals surface area (Å²) in [7, 11) is 1.83. The fraction of sp³-hybridized carbons (Fsp3) is 0.533. The predicted molar refractivity (Wildman–Crippen MR) is 74.8 cm³/mol. The van der Waals surface area contributed by atoms with E-state index in [2.05, 4.69) is 0 Å². The number of carbonyl (C=O) groups excluding carboxylic acids is 1. The van der Waals surface area contributed by atoms with E-state index in [-0.39, 0.29) is 17.9 Å².